The van der Waals surface area contributed by atoms with E-state index in [2.05, 4.69) is 20.9 Å². The number of carbonyl (C=O) groups excluding carboxylic acids is 2. The Bertz CT molecular complexity index is 765. The van der Waals surface area contributed by atoms with Crippen LogP contribution in [0.4, 0.5) is 10.5 Å². The molecule has 0 bridgehead atoms. The van der Waals surface area contributed by atoms with E-state index >= 15 is 0 Å². The number of anilines is 1. The molecule has 3 amide bonds. The van der Waals surface area contributed by atoms with Crippen molar-refractivity contribution in [1.82, 2.24) is 15.6 Å². The van der Waals surface area contributed by atoms with E-state index in [-0.39, 0.29) is 24.6 Å². The third-order valence-corrected chi connectivity index (χ3v) is 3.65. The van der Waals surface area contributed by atoms with Gasteiger partial charge < -0.3 is 25.4 Å². The molecule has 1 heterocycles. The predicted molar refractivity (Wildman–Crippen MR) is 102 cm³/mol. The van der Waals surface area contributed by atoms with Crippen LogP contribution in [0.2, 0.25) is 0 Å². The van der Waals surface area contributed by atoms with Gasteiger partial charge in [-0.25, -0.2) is 9.78 Å². The molecule has 0 saturated heterocycles. The average molecular weight is 372 g/mol. The largest absolute Gasteiger partial charge is 0.497 e. The van der Waals surface area contributed by atoms with Crippen molar-refractivity contribution in [3.63, 3.8) is 0 Å². The van der Waals surface area contributed by atoms with Crippen LogP contribution in [0.5, 0.6) is 11.6 Å². The smallest absolute Gasteiger partial charge is 0.319 e. The topological polar surface area (TPSA) is 102 Å². The number of pyridine rings is 1. The fraction of sp³-hybridized carbons (Fsp3) is 0.316. The highest BCUT2D eigenvalue weighted by Gasteiger charge is 2.11. The minimum atomic E-state index is -0.307. The highest BCUT2D eigenvalue weighted by atomic mass is 16.5. The van der Waals surface area contributed by atoms with E-state index in [0.29, 0.717) is 18.1 Å². The van der Waals surface area contributed by atoms with Gasteiger partial charge in [0.1, 0.15) is 5.75 Å². The van der Waals surface area contributed by atoms with Crippen molar-refractivity contribution in [1.29, 1.82) is 0 Å². The van der Waals surface area contributed by atoms with E-state index in [4.69, 9.17) is 9.47 Å². The van der Waals surface area contributed by atoms with Gasteiger partial charge in [0.2, 0.25) is 5.88 Å². The first-order valence-corrected chi connectivity index (χ1v) is 8.58. The molecule has 0 fully saturated rings. The molecule has 1 aromatic heterocycles. The number of methoxy groups -OCH3 is 1. The van der Waals surface area contributed by atoms with Gasteiger partial charge in [0, 0.05) is 12.6 Å². The number of ether oxygens (including phenoxy) is 2. The molecule has 144 valence electrons. The van der Waals surface area contributed by atoms with Gasteiger partial charge in [-0.3, -0.25) is 4.79 Å². The highest BCUT2D eigenvalue weighted by Crippen LogP contribution is 2.18. The second-order valence-corrected chi connectivity index (χ2v) is 5.72. The molecular weight excluding hydrogens is 348 g/mol. The summed E-state index contributed by atoms with van der Waals surface area (Å²) >= 11 is 0. The molecule has 0 unspecified atom stereocenters. The van der Waals surface area contributed by atoms with Gasteiger partial charge in [-0.1, -0.05) is 12.1 Å². The Labute approximate surface area is 158 Å². The van der Waals surface area contributed by atoms with E-state index in [0.717, 1.165) is 11.3 Å². The summed E-state index contributed by atoms with van der Waals surface area (Å²) in [5, 5.41) is 8.11. The Morgan fingerprint density at radius 1 is 1.22 bits per heavy atom. The Hall–Kier alpha value is -3.29. The van der Waals surface area contributed by atoms with Gasteiger partial charge in [0.05, 0.1) is 25.0 Å². The van der Waals surface area contributed by atoms with Gasteiger partial charge in [0.15, 0.2) is 6.61 Å². The van der Waals surface area contributed by atoms with Crippen LogP contribution in [-0.4, -0.2) is 37.2 Å². The minimum absolute atomic E-state index is 0.162. The summed E-state index contributed by atoms with van der Waals surface area (Å²) in [6, 6.07) is 10.2. The van der Waals surface area contributed by atoms with Crippen LogP contribution in [0.25, 0.3) is 0 Å². The molecule has 0 aliphatic rings. The Balaban J connectivity index is 1.81. The van der Waals surface area contributed by atoms with E-state index in [1.165, 1.54) is 6.20 Å². The van der Waals surface area contributed by atoms with Crippen molar-refractivity contribution in [2.75, 3.05) is 25.6 Å². The van der Waals surface area contributed by atoms with Gasteiger partial charge in [-0.2, -0.15) is 0 Å². The van der Waals surface area contributed by atoms with Crippen LogP contribution in [-0.2, 0) is 4.79 Å². The first-order chi connectivity index (χ1) is 13.0. The number of benzene rings is 1. The zero-order valence-electron chi connectivity index (χ0n) is 15.6. The molecule has 8 heteroatoms. The maximum atomic E-state index is 12.1. The summed E-state index contributed by atoms with van der Waals surface area (Å²) in [4.78, 5) is 27.6. The molecule has 2 rings (SSSR count). The van der Waals surface area contributed by atoms with Crippen LogP contribution in [0.1, 0.15) is 25.5 Å². The van der Waals surface area contributed by atoms with E-state index in [9.17, 15) is 9.59 Å². The molecule has 0 saturated carbocycles. The lowest BCUT2D eigenvalue weighted by Crippen LogP contribution is -2.31. The average Bonchev–Trinajstić information content (AvgIpc) is 2.67. The van der Waals surface area contributed by atoms with Crippen molar-refractivity contribution < 1.29 is 19.1 Å². The second-order valence-electron chi connectivity index (χ2n) is 5.72. The molecule has 0 aliphatic carbocycles. The molecule has 1 atom stereocenters. The third kappa shape index (κ3) is 6.50. The number of rotatable bonds is 8. The molecule has 8 nitrogen and oxygen atoms in total. The van der Waals surface area contributed by atoms with Crippen molar-refractivity contribution in [3.8, 4) is 11.6 Å². The minimum Gasteiger partial charge on any atom is -0.497 e. The Morgan fingerprint density at radius 2 is 2.04 bits per heavy atom. The first-order valence-electron chi connectivity index (χ1n) is 8.58. The summed E-state index contributed by atoms with van der Waals surface area (Å²) in [5.41, 5.74) is 1.46. The first kappa shape index (κ1) is 20.0. The molecule has 2 aromatic rings. The van der Waals surface area contributed by atoms with Gasteiger partial charge in [-0.05, 0) is 37.6 Å². The van der Waals surface area contributed by atoms with Crippen LogP contribution in [0.15, 0.2) is 42.6 Å². The van der Waals surface area contributed by atoms with Crippen molar-refractivity contribution in [3.05, 3.63) is 48.2 Å². The normalized spacial score (nSPS) is 11.2. The predicted octanol–water partition coefficient (Wildman–Crippen LogP) is 2.49. The quantitative estimate of drug-likeness (QED) is 0.661. The molecule has 27 heavy (non-hydrogen) atoms. The lowest BCUT2D eigenvalue weighted by atomic mass is 10.1. The monoisotopic (exact) mass is 372 g/mol. The number of carbonyl (C=O) groups is 2. The summed E-state index contributed by atoms with van der Waals surface area (Å²) in [6.45, 7) is 4.08. The number of hydrogen-bond acceptors (Lipinski definition) is 5. The molecule has 1 aromatic carbocycles. The van der Waals surface area contributed by atoms with E-state index in [1.807, 2.05) is 38.1 Å². The number of aromatic nitrogens is 1. The van der Waals surface area contributed by atoms with Crippen molar-refractivity contribution in [2.24, 2.45) is 0 Å². The number of nitrogens with zero attached hydrogens (tertiary/aromatic N) is 1. The van der Waals surface area contributed by atoms with Crippen LogP contribution < -0.4 is 25.4 Å². The summed E-state index contributed by atoms with van der Waals surface area (Å²) in [6.07, 6.45) is 1.46. The van der Waals surface area contributed by atoms with E-state index < -0.39 is 0 Å². The molecule has 0 spiro atoms. The van der Waals surface area contributed by atoms with Crippen molar-refractivity contribution >= 4 is 17.6 Å². The van der Waals surface area contributed by atoms with Crippen LogP contribution in [0.3, 0.4) is 0 Å². The van der Waals surface area contributed by atoms with Crippen LogP contribution in [0, 0.1) is 0 Å². The Morgan fingerprint density at radius 3 is 2.70 bits per heavy atom. The van der Waals surface area contributed by atoms with E-state index in [1.54, 1.807) is 19.2 Å². The standard InChI is InChI=1S/C19H24N4O4/c1-4-20-19(25)23-15-8-9-18(21-11-15)27-12-17(24)22-13(2)14-6-5-7-16(10-14)26-3/h5-11,13H,4,12H2,1-3H3,(H,22,24)(H2,20,23,25)/t13-/m0/s1. The molecule has 3 N–H and O–H groups in total. The van der Waals surface area contributed by atoms with Gasteiger partial charge in [0.25, 0.3) is 5.91 Å². The molecular formula is C19H24N4O4. The molecule has 0 aliphatic heterocycles. The van der Waals surface area contributed by atoms with Crippen molar-refractivity contribution in [2.45, 2.75) is 19.9 Å². The fourth-order valence-electron chi connectivity index (χ4n) is 2.29. The lowest BCUT2D eigenvalue weighted by molar-refractivity contribution is -0.123. The SMILES string of the molecule is CCNC(=O)Nc1ccc(OCC(=O)N[C@@H](C)c2cccc(OC)c2)nc1. The lowest BCUT2D eigenvalue weighted by Gasteiger charge is -2.15. The maximum Gasteiger partial charge on any atom is 0.319 e. The summed E-state index contributed by atoms with van der Waals surface area (Å²) < 4.78 is 10.6. The van der Waals surface area contributed by atoms with Gasteiger partial charge >= 0.3 is 6.03 Å². The number of hydrogen-bond donors (Lipinski definition) is 3. The third-order valence-electron chi connectivity index (χ3n) is 3.65. The summed E-state index contributed by atoms with van der Waals surface area (Å²) in [7, 11) is 1.60. The number of nitrogens with one attached hydrogen (secondary N) is 3. The number of amides is 3. The highest BCUT2D eigenvalue weighted by molar-refractivity contribution is 5.88. The zero-order valence-corrected chi connectivity index (χ0v) is 15.6. The second kappa shape index (κ2) is 10.0. The maximum absolute atomic E-state index is 12.1. The summed E-state index contributed by atoms with van der Waals surface area (Å²) in [5.74, 6) is 0.757. The molecule has 0 radical (unpaired) electrons. The van der Waals surface area contributed by atoms with Crippen LogP contribution >= 0.6 is 0 Å². The fourth-order valence-corrected chi connectivity index (χ4v) is 2.29. The van der Waals surface area contributed by atoms with Gasteiger partial charge in [-0.15, -0.1) is 0 Å². The Kier molecular flexibility index (Phi) is 7.42. The number of urea groups is 1. The zero-order chi connectivity index (χ0) is 19.6.